The van der Waals surface area contributed by atoms with Gasteiger partial charge in [0.05, 0.1) is 23.5 Å². The van der Waals surface area contributed by atoms with Crippen molar-refractivity contribution in [3.8, 4) is 0 Å². The first-order chi connectivity index (χ1) is 8.95. The van der Waals surface area contributed by atoms with Crippen molar-refractivity contribution in [2.75, 3.05) is 17.7 Å². The van der Waals surface area contributed by atoms with Gasteiger partial charge in [0, 0.05) is 5.54 Å². The van der Waals surface area contributed by atoms with Crippen molar-refractivity contribution in [1.82, 2.24) is 0 Å². The van der Waals surface area contributed by atoms with Crippen LogP contribution in [0.2, 0.25) is 0 Å². The van der Waals surface area contributed by atoms with Crippen LogP contribution in [0.5, 0.6) is 0 Å². The summed E-state index contributed by atoms with van der Waals surface area (Å²) in [4.78, 5) is 11.7. The Hall–Kier alpha value is -1.71. The molecular weight excluding hydrogens is 240 g/mol. The quantitative estimate of drug-likeness (QED) is 0.610. The van der Waals surface area contributed by atoms with Crippen LogP contribution < -0.4 is 11.1 Å². The van der Waals surface area contributed by atoms with Gasteiger partial charge in [-0.3, -0.25) is 0 Å². The van der Waals surface area contributed by atoms with E-state index in [1.807, 2.05) is 0 Å². The van der Waals surface area contributed by atoms with Gasteiger partial charge in [0.25, 0.3) is 0 Å². The second-order valence-corrected chi connectivity index (χ2v) is 4.92. The molecule has 0 fully saturated rings. The van der Waals surface area contributed by atoms with Gasteiger partial charge in [-0.2, -0.15) is 0 Å². The third-order valence-corrected chi connectivity index (χ3v) is 3.56. The van der Waals surface area contributed by atoms with Crippen molar-refractivity contribution in [1.29, 1.82) is 0 Å². The summed E-state index contributed by atoms with van der Waals surface area (Å²) in [7, 11) is 0. The van der Waals surface area contributed by atoms with Crippen LogP contribution in [-0.4, -0.2) is 18.1 Å². The highest BCUT2D eigenvalue weighted by molar-refractivity contribution is 5.92. The molecule has 1 aromatic carbocycles. The molecule has 0 unspecified atom stereocenters. The summed E-state index contributed by atoms with van der Waals surface area (Å²) in [5, 5.41) is 3.43. The van der Waals surface area contributed by atoms with E-state index in [0.717, 1.165) is 18.5 Å². The number of nitrogen functional groups attached to an aromatic ring is 1. The lowest BCUT2D eigenvalue weighted by molar-refractivity contribution is 0.0526. The molecule has 0 amide bonds. The minimum Gasteiger partial charge on any atom is -0.462 e. The molecule has 0 aromatic heterocycles. The van der Waals surface area contributed by atoms with Gasteiger partial charge < -0.3 is 15.8 Å². The molecule has 1 rings (SSSR count). The standard InChI is InChI=1S/C15H24N2O2/c1-5-15(4,6-2)17-13-10-11(8-9-12(13)16)14(18)19-7-3/h8-10,17H,5-7,16H2,1-4H3. The van der Waals surface area contributed by atoms with Crippen molar-refractivity contribution in [3.63, 3.8) is 0 Å². The van der Waals surface area contributed by atoms with Crippen molar-refractivity contribution in [3.05, 3.63) is 23.8 Å². The number of benzene rings is 1. The van der Waals surface area contributed by atoms with Gasteiger partial charge >= 0.3 is 5.97 Å². The Morgan fingerprint density at radius 2 is 1.95 bits per heavy atom. The lowest BCUT2D eigenvalue weighted by Crippen LogP contribution is -2.33. The van der Waals surface area contributed by atoms with Crippen molar-refractivity contribution >= 4 is 17.3 Å². The van der Waals surface area contributed by atoms with Crippen LogP contribution in [0.3, 0.4) is 0 Å². The molecule has 106 valence electrons. The summed E-state index contributed by atoms with van der Waals surface area (Å²) in [5.74, 6) is -0.319. The minimum atomic E-state index is -0.319. The van der Waals surface area contributed by atoms with Crippen LogP contribution in [0.25, 0.3) is 0 Å². The first kappa shape index (κ1) is 15.3. The fourth-order valence-corrected chi connectivity index (χ4v) is 1.76. The van der Waals surface area contributed by atoms with Crippen LogP contribution in [-0.2, 0) is 4.74 Å². The first-order valence-electron chi connectivity index (χ1n) is 6.80. The molecule has 0 aliphatic carbocycles. The lowest BCUT2D eigenvalue weighted by Gasteiger charge is -2.30. The number of nitrogens with two attached hydrogens (primary N) is 1. The molecule has 0 bridgehead atoms. The van der Waals surface area contributed by atoms with E-state index in [4.69, 9.17) is 10.5 Å². The van der Waals surface area contributed by atoms with Gasteiger partial charge in [0.15, 0.2) is 0 Å². The van der Waals surface area contributed by atoms with Gasteiger partial charge in [-0.05, 0) is 44.9 Å². The molecule has 4 heteroatoms. The highest BCUT2D eigenvalue weighted by atomic mass is 16.5. The summed E-state index contributed by atoms with van der Waals surface area (Å²) in [6.07, 6.45) is 1.96. The molecule has 0 aliphatic rings. The van der Waals surface area contributed by atoms with E-state index in [9.17, 15) is 4.79 Å². The fourth-order valence-electron chi connectivity index (χ4n) is 1.76. The molecule has 0 saturated heterocycles. The maximum atomic E-state index is 11.7. The number of ether oxygens (including phenoxy) is 1. The predicted octanol–water partition coefficient (Wildman–Crippen LogP) is 3.44. The van der Waals surface area contributed by atoms with E-state index in [0.29, 0.717) is 17.9 Å². The third-order valence-electron chi connectivity index (χ3n) is 3.56. The topological polar surface area (TPSA) is 64.3 Å². The lowest BCUT2D eigenvalue weighted by atomic mass is 9.95. The molecule has 0 saturated carbocycles. The van der Waals surface area contributed by atoms with Gasteiger partial charge in [0.1, 0.15) is 0 Å². The Morgan fingerprint density at radius 3 is 2.47 bits per heavy atom. The fraction of sp³-hybridized carbons (Fsp3) is 0.533. The van der Waals surface area contributed by atoms with Crippen LogP contribution >= 0.6 is 0 Å². The monoisotopic (exact) mass is 264 g/mol. The molecule has 1 aromatic rings. The largest absolute Gasteiger partial charge is 0.462 e. The molecule has 0 spiro atoms. The summed E-state index contributed by atoms with van der Waals surface area (Å²) in [6.45, 7) is 8.56. The van der Waals surface area contributed by atoms with Gasteiger partial charge in [-0.1, -0.05) is 13.8 Å². The average molecular weight is 264 g/mol. The van der Waals surface area contributed by atoms with E-state index in [-0.39, 0.29) is 11.5 Å². The number of esters is 1. The molecule has 0 atom stereocenters. The summed E-state index contributed by atoms with van der Waals surface area (Å²) in [5.41, 5.74) is 7.89. The molecular formula is C15H24N2O2. The molecule has 3 N–H and O–H groups in total. The highest BCUT2D eigenvalue weighted by Gasteiger charge is 2.20. The number of carbonyl (C=O) groups excluding carboxylic acids is 1. The van der Waals surface area contributed by atoms with Crippen LogP contribution in [0, 0.1) is 0 Å². The van der Waals surface area contributed by atoms with E-state index in [1.54, 1.807) is 25.1 Å². The van der Waals surface area contributed by atoms with Crippen molar-refractivity contribution in [2.45, 2.75) is 46.1 Å². The van der Waals surface area contributed by atoms with Crippen LogP contribution in [0.4, 0.5) is 11.4 Å². The van der Waals surface area contributed by atoms with E-state index in [2.05, 4.69) is 26.1 Å². The van der Waals surface area contributed by atoms with E-state index in [1.165, 1.54) is 0 Å². The summed E-state index contributed by atoms with van der Waals surface area (Å²) < 4.78 is 5.00. The number of carbonyl (C=O) groups is 1. The van der Waals surface area contributed by atoms with Gasteiger partial charge in [0.2, 0.25) is 0 Å². The third kappa shape index (κ3) is 3.88. The zero-order chi connectivity index (χ0) is 14.5. The molecule has 4 nitrogen and oxygen atoms in total. The van der Waals surface area contributed by atoms with Crippen LogP contribution in [0.1, 0.15) is 50.9 Å². The Morgan fingerprint density at radius 1 is 1.32 bits per heavy atom. The second-order valence-electron chi connectivity index (χ2n) is 4.92. The maximum absolute atomic E-state index is 11.7. The van der Waals surface area contributed by atoms with Crippen LogP contribution in [0.15, 0.2) is 18.2 Å². The predicted molar refractivity (Wildman–Crippen MR) is 79.4 cm³/mol. The Kier molecular flexibility index (Phi) is 5.21. The molecule has 19 heavy (non-hydrogen) atoms. The average Bonchev–Trinajstić information content (AvgIpc) is 2.41. The van der Waals surface area contributed by atoms with Crippen molar-refractivity contribution in [2.24, 2.45) is 0 Å². The smallest absolute Gasteiger partial charge is 0.338 e. The maximum Gasteiger partial charge on any atom is 0.338 e. The SMILES string of the molecule is CCOC(=O)c1ccc(N)c(NC(C)(CC)CC)c1. The Labute approximate surface area is 115 Å². The zero-order valence-corrected chi connectivity index (χ0v) is 12.2. The van der Waals surface area contributed by atoms with Gasteiger partial charge in [-0.25, -0.2) is 4.79 Å². The number of rotatable bonds is 6. The first-order valence-corrected chi connectivity index (χ1v) is 6.80. The number of hydrogen-bond acceptors (Lipinski definition) is 4. The number of hydrogen-bond donors (Lipinski definition) is 2. The molecule has 0 aliphatic heterocycles. The van der Waals surface area contributed by atoms with Gasteiger partial charge in [-0.15, -0.1) is 0 Å². The summed E-state index contributed by atoms with van der Waals surface area (Å²) >= 11 is 0. The van der Waals surface area contributed by atoms with Crippen molar-refractivity contribution < 1.29 is 9.53 Å². The second kappa shape index (κ2) is 6.45. The number of nitrogens with one attached hydrogen (secondary N) is 1. The zero-order valence-electron chi connectivity index (χ0n) is 12.2. The Bertz CT molecular complexity index is 440. The minimum absolute atomic E-state index is 0.0264. The normalized spacial score (nSPS) is 11.2. The highest BCUT2D eigenvalue weighted by Crippen LogP contribution is 2.27. The summed E-state index contributed by atoms with van der Waals surface area (Å²) in [6, 6.07) is 5.19. The Balaban J connectivity index is 3.00. The molecule has 0 heterocycles. The van der Waals surface area contributed by atoms with E-state index < -0.39 is 0 Å². The van der Waals surface area contributed by atoms with E-state index >= 15 is 0 Å². The number of anilines is 2. The molecule has 0 radical (unpaired) electrons.